The number of hydrogen-bond donors (Lipinski definition) is 8. The number of hydrogen-bond acceptors (Lipinski definition) is 8. The zero-order chi connectivity index (χ0) is 20.0. The van der Waals surface area contributed by atoms with Gasteiger partial charge in [0, 0.05) is 19.8 Å². The molecule has 5 unspecified atom stereocenters. The van der Waals surface area contributed by atoms with Gasteiger partial charge in [-0.05, 0) is 43.9 Å². The molecule has 0 aromatic rings. The van der Waals surface area contributed by atoms with Crippen molar-refractivity contribution in [1.82, 2.24) is 0 Å². The van der Waals surface area contributed by atoms with Crippen molar-refractivity contribution in [1.29, 1.82) is 0 Å². The Labute approximate surface area is 155 Å². The van der Waals surface area contributed by atoms with Gasteiger partial charge in [-0.25, -0.2) is 0 Å². The molecule has 0 aromatic carbocycles. The minimum atomic E-state index is -1.70. The highest BCUT2D eigenvalue weighted by Crippen LogP contribution is 2.41. The van der Waals surface area contributed by atoms with Crippen LogP contribution in [0.4, 0.5) is 0 Å². The largest absolute Gasteiger partial charge is 0.396 e. The van der Waals surface area contributed by atoms with Gasteiger partial charge in [0.1, 0.15) is 18.3 Å². The van der Waals surface area contributed by atoms with Crippen LogP contribution >= 0.6 is 0 Å². The molecule has 8 N–H and O–H groups in total. The molecule has 0 saturated heterocycles. The van der Waals surface area contributed by atoms with Crippen LogP contribution < -0.4 is 0 Å². The van der Waals surface area contributed by atoms with E-state index in [1.54, 1.807) is 0 Å². The van der Waals surface area contributed by atoms with E-state index >= 15 is 0 Å². The van der Waals surface area contributed by atoms with Crippen molar-refractivity contribution >= 4 is 0 Å². The summed E-state index contributed by atoms with van der Waals surface area (Å²) in [6.07, 6.45) is -1.29. The Balaban J connectivity index is 5.34. The maximum absolute atomic E-state index is 10.8. The van der Waals surface area contributed by atoms with Crippen LogP contribution in [0.5, 0.6) is 0 Å². The summed E-state index contributed by atoms with van der Waals surface area (Å²) in [5.41, 5.74) is -0.803. The third-order valence-electron chi connectivity index (χ3n) is 5.13. The highest BCUT2D eigenvalue weighted by molar-refractivity contribution is 4.94. The van der Waals surface area contributed by atoms with Crippen molar-refractivity contribution in [3.63, 3.8) is 0 Å². The van der Waals surface area contributed by atoms with Crippen LogP contribution in [0.2, 0.25) is 0 Å². The zero-order valence-electron chi connectivity index (χ0n) is 15.6. The Morgan fingerprint density at radius 2 is 1.00 bits per heavy atom. The maximum atomic E-state index is 10.8. The first-order valence-electron chi connectivity index (χ1n) is 9.56. The predicted octanol–water partition coefficient (Wildman–Crippen LogP) is -1.10. The van der Waals surface area contributed by atoms with Gasteiger partial charge in [0.15, 0.2) is 0 Å². The number of aliphatic hydroxyl groups is 8. The van der Waals surface area contributed by atoms with Gasteiger partial charge >= 0.3 is 0 Å². The lowest BCUT2D eigenvalue weighted by Crippen LogP contribution is -2.52. The number of aliphatic hydroxyl groups excluding tert-OH is 8. The normalized spacial score (nSPS) is 18.9. The summed E-state index contributed by atoms with van der Waals surface area (Å²) in [5, 5.41) is 76.9. The predicted molar refractivity (Wildman–Crippen MR) is 96.4 cm³/mol. The van der Waals surface area contributed by atoms with Gasteiger partial charge in [-0.15, -0.1) is 0 Å². The van der Waals surface area contributed by atoms with E-state index in [1.807, 2.05) is 0 Å². The van der Waals surface area contributed by atoms with Crippen LogP contribution in [0.3, 0.4) is 0 Å². The van der Waals surface area contributed by atoms with Crippen LogP contribution in [0.1, 0.15) is 57.8 Å². The summed E-state index contributed by atoms with van der Waals surface area (Å²) < 4.78 is 0. The molecular weight excluding hydrogens is 344 g/mol. The lowest BCUT2D eigenvalue weighted by molar-refractivity contribution is -0.152. The standard InChI is InChI=1S/C18H38O8/c19-10-4-1-2-7-18(9-6-12-21,8-3-5-11-20)17(26)16(25)15(24)14(23)13-22/h14-17,19-26H,1-13H2. The maximum Gasteiger partial charge on any atom is 0.111 e. The second-order valence-electron chi connectivity index (χ2n) is 7.08. The topological polar surface area (TPSA) is 162 Å². The van der Waals surface area contributed by atoms with Gasteiger partial charge in [0.2, 0.25) is 0 Å². The van der Waals surface area contributed by atoms with Gasteiger partial charge in [-0.2, -0.15) is 0 Å². The third-order valence-corrected chi connectivity index (χ3v) is 5.13. The van der Waals surface area contributed by atoms with Crippen molar-refractivity contribution < 1.29 is 40.9 Å². The summed E-state index contributed by atoms with van der Waals surface area (Å²) in [6, 6.07) is 0. The molecule has 0 aromatic heterocycles. The van der Waals surface area contributed by atoms with E-state index in [2.05, 4.69) is 0 Å². The van der Waals surface area contributed by atoms with E-state index in [1.165, 1.54) is 0 Å². The van der Waals surface area contributed by atoms with E-state index in [-0.39, 0.29) is 19.8 Å². The summed E-state index contributed by atoms with van der Waals surface area (Å²) >= 11 is 0. The highest BCUT2D eigenvalue weighted by Gasteiger charge is 2.43. The summed E-state index contributed by atoms with van der Waals surface area (Å²) in [6.45, 7) is -0.746. The molecule has 0 rings (SSSR count). The van der Waals surface area contributed by atoms with Gasteiger partial charge in [-0.3, -0.25) is 0 Å². The Morgan fingerprint density at radius 1 is 0.538 bits per heavy atom. The van der Waals surface area contributed by atoms with E-state index in [4.69, 9.17) is 15.3 Å². The van der Waals surface area contributed by atoms with Crippen LogP contribution in [0, 0.1) is 5.41 Å². The van der Waals surface area contributed by atoms with Crippen LogP contribution in [-0.4, -0.2) is 91.7 Å². The molecule has 8 nitrogen and oxygen atoms in total. The molecule has 26 heavy (non-hydrogen) atoms. The highest BCUT2D eigenvalue weighted by atomic mass is 16.4. The minimum absolute atomic E-state index is 0.00505. The molecule has 0 radical (unpaired) electrons. The summed E-state index contributed by atoms with van der Waals surface area (Å²) in [5.74, 6) is 0. The molecule has 0 aliphatic carbocycles. The van der Waals surface area contributed by atoms with Crippen molar-refractivity contribution in [3.8, 4) is 0 Å². The second-order valence-corrected chi connectivity index (χ2v) is 7.08. The summed E-state index contributed by atoms with van der Waals surface area (Å²) in [4.78, 5) is 0. The molecule has 5 atom stereocenters. The molecule has 0 bridgehead atoms. The molecule has 0 heterocycles. The fourth-order valence-electron chi connectivity index (χ4n) is 3.49. The smallest absolute Gasteiger partial charge is 0.111 e. The zero-order valence-corrected chi connectivity index (χ0v) is 15.6. The van der Waals surface area contributed by atoms with Crippen LogP contribution in [0.25, 0.3) is 0 Å². The quantitative estimate of drug-likeness (QED) is 0.147. The molecule has 0 saturated carbocycles. The Bertz CT molecular complexity index is 330. The first kappa shape index (κ1) is 25.7. The SMILES string of the molecule is OCCCCCC(CCCO)(CCCCO)C(O)C(O)C(O)C(O)CO. The van der Waals surface area contributed by atoms with Gasteiger partial charge < -0.3 is 40.9 Å². The van der Waals surface area contributed by atoms with Crippen molar-refractivity contribution in [3.05, 3.63) is 0 Å². The van der Waals surface area contributed by atoms with Crippen LogP contribution in [0.15, 0.2) is 0 Å². The van der Waals surface area contributed by atoms with Crippen molar-refractivity contribution in [2.75, 3.05) is 26.4 Å². The van der Waals surface area contributed by atoms with E-state index in [9.17, 15) is 25.5 Å². The van der Waals surface area contributed by atoms with Crippen LogP contribution in [-0.2, 0) is 0 Å². The lowest BCUT2D eigenvalue weighted by atomic mass is 9.68. The average molecular weight is 382 g/mol. The molecule has 0 fully saturated rings. The first-order valence-corrected chi connectivity index (χ1v) is 9.56. The third kappa shape index (κ3) is 8.58. The van der Waals surface area contributed by atoms with E-state index in [0.717, 1.165) is 6.42 Å². The van der Waals surface area contributed by atoms with E-state index < -0.39 is 36.4 Å². The first-order chi connectivity index (χ1) is 12.4. The average Bonchev–Trinajstić information content (AvgIpc) is 2.66. The van der Waals surface area contributed by atoms with Gasteiger partial charge in [0.25, 0.3) is 0 Å². The molecule has 8 heteroatoms. The second kappa shape index (κ2) is 14.7. The fraction of sp³-hybridized carbons (Fsp3) is 1.00. The molecule has 0 amide bonds. The fourth-order valence-corrected chi connectivity index (χ4v) is 3.49. The number of unbranched alkanes of at least 4 members (excludes halogenated alkanes) is 3. The molecule has 0 aliphatic heterocycles. The Kier molecular flexibility index (Phi) is 14.5. The molecule has 158 valence electrons. The number of rotatable bonds is 17. The van der Waals surface area contributed by atoms with E-state index in [0.29, 0.717) is 51.4 Å². The molecule has 0 aliphatic rings. The summed E-state index contributed by atoms with van der Waals surface area (Å²) in [7, 11) is 0. The lowest BCUT2D eigenvalue weighted by Gasteiger charge is -2.42. The Morgan fingerprint density at radius 3 is 1.50 bits per heavy atom. The Hall–Kier alpha value is -0.320. The van der Waals surface area contributed by atoms with Crippen molar-refractivity contribution in [2.45, 2.75) is 82.2 Å². The van der Waals surface area contributed by atoms with Gasteiger partial charge in [-0.1, -0.05) is 19.3 Å². The van der Waals surface area contributed by atoms with Gasteiger partial charge in [0.05, 0.1) is 12.7 Å². The molecule has 0 spiro atoms. The molecular formula is C18H38O8. The van der Waals surface area contributed by atoms with Crippen molar-refractivity contribution in [2.24, 2.45) is 5.41 Å². The monoisotopic (exact) mass is 382 g/mol. The minimum Gasteiger partial charge on any atom is -0.396 e.